The number of aliphatic hydroxyl groups is 1. The highest BCUT2D eigenvalue weighted by Gasteiger charge is 2.40. The van der Waals surface area contributed by atoms with Gasteiger partial charge in [0.05, 0.1) is 11.6 Å². The van der Waals surface area contributed by atoms with E-state index in [2.05, 4.69) is 22.9 Å². The molecule has 5 rings (SSSR count). The van der Waals surface area contributed by atoms with Gasteiger partial charge in [-0.2, -0.15) is 0 Å². The Morgan fingerprint density at radius 3 is 2.96 bits per heavy atom. The first-order chi connectivity index (χ1) is 11.2. The van der Waals surface area contributed by atoms with Crippen molar-refractivity contribution in [1.82, 2.24) is 9.88 Å². The van der Waals surface area contributed by atoms with Gasteiger partial charge < -0.3 is 10.2 Å². The molecule has 4 heteroatoms. The van der Waals surface area contributed by atoms with E-state index < -0.39 is 6.10 Å². The van der Waals surface area contributed by atoms with Crippen molar-refractivity contribution in [1.29, 1.82) is 0 Å². The molecule has 4 atom stereocenters. The number of pyridine rings is 1. The maximum Gasteiger partial charge on any atom is 0.116 e. The van der Waals surface area contributed by atoms with E-state index in [1.54, 1.807) is 24.4 Å². The SMILES string of the molecule is C/C=C1\CN2CC[C@@H]1C[C@H]2[C@H](O)c1ccnc2ccc(O)cc12. The molecule has 0 radical (unpaired) electrons. The Morgan fingerprint density at radius 1 is 1.35 bits per heavy atom. The second kappa shape index (κ2) is 5.62. The molecule has 3 aliphatic rings. The molecular weight excluding hydrogens is 288 g/mol. The zero-order chi connectivity index (χ0) is 16.0. The number of fused-ring (bicyclic) bond motifs is 4. The number of piperidine rings is 3. The van der Waals surface area contributed by atoms with E-state index in [9.17, 15) is 10.2 Å². The van der Waals surface area contributed by atoms with Gasteiger partial charge in [-0.15, -0.1) is 0 Å². The molecule has 0 saturated carbocycles. The lowest BCUT2D eigenvalue weighted by molar-refractivity contribution is -0.00340. The van der Waals surface area contributed by atoms with E-state index in [0.717, 1.165) is 36.0 Å². The van der Waals surface area contributed by atoms with Crippen molar-refractivity contribution in [3.05, 3.63) is 47.7 Å². The molecule has 2 aromatic rings. The fraction of sp³-hybridized carbons (Fsp3) is 0.421. The van der Waals surface area contributed by atoms with Crippen molar-refractivity contribution in [2.75, 3.05) is 13.1 Å². The van der Waals surface area contributed by atoms with Gasteiger partial charge in [0.1, 0.15) is 5.75 Å². The lowest BCUT2D eigenvalue weighted by Gasteiger charge is -2.48. The van der Waals surface area contributed by atoms with Gasteiger partial charge in [-0.25, -0.2) is 0 Å². The Morgan fingerprint density at radius 2 is 2.22 bits per heavy atom. The third kappa shape index (κ3) is 2.42. The number of phenols is 1. The molecule has 3 saturated heterocycles. The van der Waals surface area contributed by atoms with Crippen molar-refractivity contribution >= 4 is 10.9 Å². The van der Waals surface area contributed by atoms with Crippen LogP contribution in [0.5, 0.6) is 5.75 Å². The first kappa shape index (κ1) is 14.7. The largest absolute Gasteiger partial charge is 0.508 e. The van der Waals surface area contributed by atoms with Crippen LogP contribution in [0.15, 0.2) is 42.1 Å². The zero-order valence-corrected chi connectivity index (χ0v) is 13.3. The molecule has 2 bridgehead atoms. The molecule has 1 unspecified atom stereocenters. The van der Waals surface area contributed by atoms with Crippen LogP contribution in [0.3, 0.4) is 0 Å². The molecule has 1 aromatic carbocycles. The van der Waals surface area contributed by atoms with E-state index >= 15 is 0 Å². The standard InChI is InChI=1S/C19H22N2O2/c1-2-12-11-21-8-6-13(12)9-18(21)19(23)15-5-7-20-17-4-3-14(22)10-16(15)17/h2-5,7,10,13,18-19,22-23H,6,8-9,11H2,1H3/b12-2+/t13-,18+,19-/m1/s1. The summed E-state index contributed by atoms with van der Waals surface area (Å²) in [5.74, 6) is 0.812. The van der Waals surface area contributed by atoms with E-state index in [4.69, 9.17) is 0 Å². The van der Waals surface area contributed by atoms with Crippen molar-refractivity contribution < 1.29 is 10.2 Å². The number of hydrogen-bond donors (Lipinski definition) is 2. The minimum absolute atomic E-state index is 0.144. The summed E-state index contributed by atoms with van der Waals surface area (Å²) in [6.45, 7) is 4.14. The Kier molecular flexibility index (Phi) is 3.58. The quantitative estimate of drug-likeness (QED) is 0.837. The van der Waals surface area contributed by atoms with Gasteiger partial charge >= 0.3 is 0 Å². The number of benzene rings is 1. The number of nitrogens with zero attached hydrogens (tertiary/aromatic N) is 2. The molecule has 3 aliphatic heterocycles. The normalized spacial score (nSPS) is 30.0. The van der Waals surface area contributed by atoms with Crippen LogP contribution in [0.1, 0.15) is 31.4 Å². The highest BCUT2D eigenvalue weighted by atomic mass is 16.3. The summed E-state index contributed by atoms with van der Waals surface area (Å²) in [7, 11) is 0. The number of aliphatic hydroxyl groups excluding tert-OH is 1. The highest BCUT2D eigenvalue weighted by Crippen LogP contribution is 2.41. The van der Waals surface area contributed by atoms with Gasteiger partial charge in [0.15, 0.2) is 0 Å². The lowest BCUT2D eigenvalue weighted by Crippen LogP contribution is -2.52. The molecule has 0 amide bonds. The molecule has 1 aromatic heterocycles. The molecule has 0 spiro atoms. The molecule has 4 heterocycles. The molecular formula is C19H22N2O2. The molecule has 0 aliphatic carbocycles. The number of phenolic OH excluding ortho intramolecular Hbond substituents is 1. The first-order valence-corrected chi connectivity index (χ1v) is 8.32. The predicted molar refractivity (Wildman–Crippen MR) is 90.2 cm³/mol. The monoisotopic (exact) mass is 310 g/mol. The zero-order valence-electron chi connectivity index (χ0n) is 13.3. The fourth-order valence-corrected chi connectivity index (χ4v) is 4.22. The Bertz CT molecular complexity index is 771. The number of rotatable bonds is 2. The van der Waals surface area contributed by atoms with Crippen LogP contribution in [0.25, 0.3) is 10.9 Å². The maximum atomic E-state index is 11.0. The summed E-state index contributed by atoms with van der Waals surface area (Å²) < 4.78 is 0. The topological polar surface area (TPSA) is 56.6 Å². The third-order valence-corrected chi connectivity index (χ3v) is 5.48. The van der Waals surface area contributed by atoms with Gasteiger partial charge in [0.25, 0.3) is 0 Å². The summed E-state index contributed by atoms with van der Waals surface area (Å²) in [5, 5.41) is 21.7. The van der Waals surface area contributed by atoms with Crippen LogP contribution in [0.2, 0.25) is 0 Å². The second-order valence-electron chi connectivity index (χ2n) is 6.67. The summed E-state index contributed by atoms with van der Waals surface area (Å²) in [6.07, 6.45) is 5.62. The van der Waals surface area contributed by atoms with Crippen LogP contribution in [0.4, 0.5) is 0 Å². The van der Waals surface area contributed by atoms with Crippen molar-refractivity contribution in [2.24, 2.45) is 5.92 Å². The van der Waals surface area contributed by atoms with Crippen molar-refractivity contribution in [3.63, 3.8) is 0 Å². The summed E-state index contributed by atoms with van der Waals surface area (Å²) >= 11 is 0. The van der Waals surface area contributed by atoms with Crippen LogP contribution in [-0.4, -0.2) is 39.2 Å². The fourth-order valence-electron chi connectivity index (χ4n) is 4.22. The number of allylic oxidation sites excluding steroid dienone is 1. The summed E-state index contributed by atoms with van der Waals surface area (Å²) in [6, 6.07) is 7.16. The van der Waals surface area contributed by atoms with Gasteiger partial charge in [0, 0.05) is 24.2 Å². The van der Waals surface area contributed by atoms with Crippen LogP contribution < -0.4 is 0 Å². The second-order valence-corrected chi connectivity index (χ2v) is 6.67. The molecule has 120 valence electrons. The number of aromatic nitrogens is 1. The number of hydrogen-bond acceptors (Lipinski definition) is 4. The maximum absolute atomic E-state index is 11.0. The molecule has 3 fully saturated rings. The Hall–Kier alpha value is -1.91. The molecule has 4 nitrogen and oxygen atoms in total. The first-order valence-electron chi connectivity index (χ1n) is 8.32. The minimum atomic E-state index is -0.552. The number of aromatic hydroxyl groups is 1. The highest BCUT2D eigenvalue weighted by molar-refractivity contribution is 5.83. The van der Waals surface area contributed by atoms with Crippen LogP contribution in [0, 0.1) is 5.92 Å². The van der Waals surface area contributed by atoms with Crippen molar-refractivity contribution in [3.8, 4) is 5.75 Å². The molecule has 2 N–H and O–H groups in total. The average Bonchev–Trinajstić information content (AvgIpc) is 2.60. The lowest BCUT2D eigenvalue weighted by atomic mass is 9.76. The third-order valence-electron chi connectivity index (χ3n) is 5.48. The van der Waals surface area contributed by atoms with Gasteiger partial charge in [-0.3, -0.25) is 9.88 Å². The average molecular weight is 310 g/mol. The van der Waals surface area contributed by atoms with E-state index in [1.807, 2.05) is 6.07 Å². The van der Waals surface area contributed by atoms with Crippen LogP contribution in [-0.2, 0) is 0 Å². The minimum Gasteiger partial charge on any atom is -0.508 e. The summed E-state index contributed by atoms with van der Waals surface area (Å²) in [5.41, 5.74) is 3.19. The van der Waals surface area contributed by atoms with Gasteiger partial charge in [0.2, 0.25) is 0 Å². The Balaban J connectivity index is 1.70. The van der Waals surface area contributed by atoms with Crippen molar-refractivity contribution in [2.45, 2.75) is 31.9 Å². The van der Waals surface area contributed by atoms with Gasteiger partial charge in [-0.05, 0) is 62.1 Å². The van der Waals surface area contributed by atoms with Gasteiger partial charge in [-0.1, -0.05) is 11.6 Å². The van der Waals surface area contributed by atoms with E-state index in [1.165, 1.54) is 12.0 Å². The summed E-state index contributed by atoms with van der Waals surface area (Å²) in [4.78, 5) is 6.74. The van der Waals surface area contributed by atoms with Crippen LogP contribution >= 0.6 is 0 Å². The van der Waals surface area contributed by atoms with E-state index in [-0.39, 0.29) is 11.8 Å². The van der Waals surface area contributed by atoms with E-state index in [0.29, 0.717) is 5.92 Å². The molecule has 23 heavy (non-hydrogen) atoms. The Labute approximate surface area is 136 Å². The smallest absolute Gasteiger partial charge is 0.116 e. The predicted octanol–water partition coefficient (Wildman–Crippen LogP) is 3.01.